The molecule has 30 heavy (non-hydrogen) atoms. The number of thiazole rings is 1. The number of aryl methyl sites for hydroxylation is 1. The first-order valence-electron chi connectivity index (χ1n) is 8.93. The minimum Gasteiger partial charge on any atom is -0.325 e. The number of pyridine rings is 1. The van der Waals surface area contributed by atoms with Crippen LogP contribution in [-0.2, 0) is 20.0 Å². The average Bonchev–Trinajstić information content (AvgIpc) is 3.42. The molecule has 8 nitrogen and oxygen atoms in total. The molecule has 4 aromatic heterocycles. The molecule has 154 valence electrons. The summed E-state index contributed by atoms with van der Waals surface area (Å²) in [6.45, 7) is 0.384. The lowest BCUT2D eigenvalue weighted by Gasteiger charge is -2.12. The van der Waals surface area contributed by atoms with E-state index in [1.807, 2.05) is 13.1 Å². The third kappa shape index (κ3) is 4.03. The Hall–Kier alpha value is -2.92. The predicted octanol–water partition coefficient (Wildman–Crippen LogP) is 3.52. The van der Waals surface area contributed by atoms with Crippen molar-refractivity contribution in [2.24, 2.45) is 12.1 Å². The second-order valence-electron chi connectivity index (χ2n) is 6.63. The maximum Gasteiger partial charge on any atom is 0.167 e. The summed E-state index contributed by atoms with van der Waals surface area (Å²) in [5.41, 5.74) is 3.60. The highest BCUT2D eigenvalue weighted by Crippen LogP contribution is 2.30. The summed E-state index contributed by atoms with van der Waals surface area (Å²) >= 11 is 4.61. The quantitative estimate of drug-likeness (QED) is 0.185. The molecule has 11 heteroatoms. The number of rotatable bonds is 7. The lowest BCUT2D eigenvalue weighted by atomic mass is 10.3. The van der Waals surface area contributed by atoms with Crippen molar-refractivity contribution in [2.75, 3.05) is 7.05 Å². The highest BCUT2D eigenvalue weighted by molar-refractivity contribution is 9.10. The van der Waals surface area contributed by atoms with Gasteiger partial charge in [-0.25, -0.2) is 14.4 Å². The summed E-state index contributed by atoms with van der Waals surface area (Å²) in [6.07, 6.45) is 4.80. The van der Waals surface area contributed by atoms with Crippen molar-refractivity contribution in [2.45, 2.75) is 13.0 Å². The molecule has 4 aromatic rings. The second-order valence-corrected chi connectivity index (χ2v) is 8.47. The van der Waals surface area contributed by atoms with E-state index < -0.39 is 5.82 Å². The van der Waals surface area contributed by atoms with Crippen LogP contribution >= 0.6 is 27.3 Å². The summed E-state index contributed by atoms with van der Waals surface area (Å²) in [5.74, 6) is -0.414. The Morgan fingerprint density at radius 1 is 1.37 bits per heavy atom. The zero-order chi connectivity index (χ0) is 21.3. The standard InChI is InChI=1S/C19H17BrFN7OS/c1-27(9-12-3-4-14(21)18(20)24-12)23-8-13-15(10-29)28(2)19-17(13)30-16(25-19)7-11-5-6-22-26-11/h3-6,8,10H,7,9H2,1-2H3,(H,22,26)/b23-8-. The molecule has 0 unspecified atom stereocenters. The monoisotopic (exact) mass is 489 g/mol. The zero-order valence-corrected chi connectivity index (χ0v) is 18.5. The number of nitrogens with zero attached hydrogens (tertiary/aromatic N) is 6. The molecule has 4 rings (SSSR count). The third-order valence-corrected chi connectivity index (χ3v) is 6.13. The normalized spacial score (nSPS) is 11.6. The lowest BCUT2D eigenvalue weighted by molar-refractivity contribution is 0.111. The van der Waals surface area contributed by atoms with Crippen molar-refractivity contribution in [3.05, 3.63) is 62.5 Å². The molecule has 0 bridgehead atoms. The maximum atomic E-state index is 13.4. The first-order chi connectivity index (χ1) is 14.5. The van der Waals surface area contributed by atoms with E-state index in [9.17, 15) is 9.18 Å². The van der Waals surface area contributed by atoms with Crippen molar-refractivity contribution in [1.29, 1.82) is 0 Å². The second kappa shape index (κ2) is 8.44. The molecule has 0 fully saturated rings. The van der Waals surface area contributed by atoms with Crippen LogP contribution < -0.4 is 0 Å². The minimum absolute atomic E-state index is 0.167. The van der Waals surface area contributed by atoms with E-state index >= 15 is 0 Å². The van der Waals surface area contributed by atoms with Gasteiger partial charge in [-0.15, -0.1) is 11.3 Å². The number of carbonyl (C=O) groups is 1. The highest BCUT2D eigenvalue weighted by Gasteiger charge is 2.18. The number of nitrogens with one attached hydrogen (secondary N) is 1. The van der Waals surface area contributed by atoms with E-state index in [2.05, 4.69) is 41.2 Å². The van der Waals surface area contributed by atoms with Crippen LogP contribution in [0.15, 0.2) is 34.1 Å². The van der Waals surface area contributed by atoms with E-state index in [1.54, 1.807) is 35.1 Å². The van der Waals surface area contributed by atoms with Crippen molar-refractivity contribution >= 4 is 50.1 Å². The van der Waals surface area contributed by atoms with Gasteiger partial charge in [-0.05, 0) is 34.1 Å². The van der Waals surface area contributed by atoms with Crippen LogP contribution in [0.1, 0.15) is 32.4 Å². The number of aromatic nitrogens is 5. The largest absolute Gasteiger partial charge is 0.325 e. The van der Waals surface area contributed by atoms with Crippen molar-refractivity contribution in [3.63, 3.8) is 0 Å². The van der Waals surface area contributed by atoms with Crippen molar-refractivity contribution in [1.82, 2.24) is 29.7 Å². The number of fused-ring (bicyclic) bond motifs is 1. The van der Waals surface area contributed by atoms with Gasteiger partial charge in [0.2, 0.25) is 0 Å². The minimum atomic E-state index is -0.414. The van der Waals surface area contributed by atoms with Gasteiger partial charge in [0.1, 0.15) is 9.61 Å². The van der Waals surface area contributed by atoms with Gasteiger partial charge in [0, 0.05) is 38.0 Å². The Balaban J connectivity index is 1.60. The van der Waals surface area contributed by atoms with Gasteiger partial charge in [-0.2, -0.15) is 10.2 Å². The lowest BCUT2D eigenvalue weighted by Crippen LogP contribution is -2.12. The molecule has 0 aliphatic heterocycles. The Morgan fingerprint density at radius 3 is 2.90 bits per heavy atom. The third-order valence-electron chi connectivity index (χ3n) is 4.50. The van der Waals surface area contributed by atoms with Crippen LogP contribution in [0.5, 0.6) is 0 Å². The van der Waals surface area contributed by atoms with Gasteiger partial charge in [-0.1, -0.05) is 0 Å². The number of aldehydes is 1. The average molecular weight is 490 g/mol. The van der Waals surface area contributed by atoms with Gasteiger partial charge in [0.15, 0.2) is 17.8 Å². The molecule has 4 heterocycles. The van der Waals surface area contributed by atoms with E-state index in [1.165, 1.54) is 17.4 Å². The molecule has 0 atom stereocenters. The summed E-state index contributed by atoms with van der Waals surface area (Å²) in [5, 5.41) is 13.9. The SMILES string of the molecule is CN(Cc1ccc(F)c(Br)n1)/N=C\c1c(C=O)n(C)c2nc(Cc3ccn[nH]3)sc12. The smallest absolute Gasteiger partial charge is 0.167 e. The summed E-state index contributed by atoms with van der Waals surface area (Å²) < 4.78 is 16.2. The van der Waals surface area contributed by atoms with E-state index in [0.29, 0.717) is 24.4 Å². The molecule has 0 spiro atoms. The van der Waals surface area contributed by atoms with Crippen LogP contribution in [0.4, 0.5) is 4.39 Å². The van der Waals surface area contributed by atoms with Crippen molar-refractivity contribution in [3.8, 4) is 0 Å². The molecule has 0 aliphatic rings. The van der Waals surface area contributed by atoms with Gasteiger partial charge in [0.05, 0.1) is 28.8 Å². The Morgan fingerprint density at radius 2 is 2.20 bits per heavy atom. The molecule has 0 radical (unpaired) electrons. The van der Waals surface area contributed by atoms with E-state index in [4.69, 9.17) is 0 Å². The summed E-state index contributed by atoms with van der Waals surface area (Å²) in [7, 11) is 3.60. The molecule has 0 saturated heterocycles. The number of hydrogen-bond acceptors (Lipinski definition) is 7. The van der Waals surface area contributed by atoms with Gasteiger partial charge in [0.25, 0.3) is 0 Å². The number of H-pyrrole nitrogens is 1. The van der Waals surface area contributed by atoms with Crippen LogP contribution in [-0.4, -0.2) is 49.3 Å². The number of carbonyl (C=O) groups excluding carboxylic acids is 1. The fourth-order valence-corrected chi connectivity index (χ4v) is 4.53. The molecule has 0 aromatic carbocycles. The number of aromatic amines is 1. The number of hydrazone groups is 1. The molecular formula is C19H17BrFN7OS. The summed E-state index contributed by atoms with van der Waals surface area (Å²) in [6, 6.07) is 4.87. The Labute approximate surface area is 183 Å². The van der Waals surface area contributed by atoms with Crippen LogP contribution in [0.25, 0.3) is 10.3 Å². The predicted molar refractivity (Wildman–Crippen MR) is 116 cm³/mol. The fraction of sp³-hybridized carbons (Fsp3) is 0.211. The maximum absolute atomic E-state index is 13.4. The molecule has 0 amide bonds. The van der Waals surface area contributed by atoms with Gasteiger partial charge < -0.3 is 4.57 Å². The van der Waals surface area contributed by atoms with Crippen LogP contribution in [0, 0.1) is 5.82 Å². The van der Waals surface area contributed by atoms with Gasteiger partial charge >= 0.3 is 0 Å². The number of halogens is 2. The van der Waals surface area contributed by atoms with Crippen LogP contribution in [0.2, 0.25) is 0 Å². The van der Waals surface area contributed by atoms with Gasteiger partial charge in [-0.3, -0.25) is 14.9 Å². The molecule has 0 aliphatic carbocycles. The molecule has 0 saturated carbocycles. The Bertz CT molecular complexity index is 1230. The fourth-order valence-electron chi connectivity index (χ4n) is 3.03. The van der Waals surface area contributed by atoms with E-state index in [0.717, 1.165) is 32.9 Å². The first-order valence-corrected chi connectivity index (χ1v) is 10.5. The summed E-state index contributed by atoms with van der Waals surface area (Å²) in [4.78, 5) is 20.5. The highest BCUT2D eigenvalue weighted by atomic mass is 79.9. The van der Waals surface area contributed by atoms with Crippen LogP contribution in [0.3, 0.4) is 0 Å². The molecule has 1 N–H and O–H groups in total. The zero-order valence-electron chi connectivity index (χ0n) is 16.1. The van der Waals surface area contributed by atoms with E-state index in [-0.39, 0.29) is 4.60 Å². The molecular weight excluding hydrogens is 473 g/mol. The first kappa shape index (κ1) is 20.4. The topological polar surface area (TPSA) is 92.1 Å². The Kier molecular flexibility index (Phi) is 5.73. The number of hydrogen-bond donors (Lipinski definition) is 1. The van der Waals surface area contributed by atoms with Crippen molar-refractivity contribution < 1.29 is 9.18 Å².